The predicted molar refractivity (Wildman–Crippen MR) is 96.3 cm³/mol. The summed E-state index contributed by atoms with van der Waals surface area (Å²) in [6.07, 6.45) is 2.19. The van der Waals surface area contributed by atoms with Crippen LogP contribution < -0.4 is 10.2 Å². The fourth-order valence-electron chi connectivity index (χ4n) is 2.52. The van der Waals surface area contributed by atoms with Gasteiger partial charge in [0.2, 0.25) is 6.41 Å². The normalized spacial score (nSPS) is 14.3. The Labute approximate surface area is 154 Å². The van der Waals surface area contributed by atoms with Gasteiger partial charge in [-0.15, -0.1) is 0 Å². The van der Waals surface area contributed by atoms with Crippen molar-refractivity contribution in [3.05, 3.63) is 46.3 Å². The van der Waals surface area contributed by atoms with Crippen LogP contribution in [-0.2, 0) is 4.79 Å². The molecule has 2 aromatic rings. The third-order valence-corrected chi connectivity index (χ3v) is 4.23. The Morgan fingerprint density at radius 2 is 1.72 bits per heavy atom. The van der Waals surface area contributed by atoms with Crippen LogP contribution in [0, 0.1) is 0 Å². The Morgan fingerprint density at radius 1 is 1.04 bits per heavy atom. The van der Waals surface area contributed by atoms with E-state index in [2.05, 4.69) is 15.3 Å². The number of aromatic nitrogens is 2. The average Bonchev–Trinajstić information content (AvgIpc) is 2.61. The van der Waals surface area contributed by atoms with E-state index in [1.165, 1.54) is 6.33 Å². The van der Waals surface area contributed by atoms with Gasteiger partial charge in [0.25, 0.3) is 5.91 Å². The van der Waals surface area contributed by atoms with Gasteiger partial charge in [0, 0.05) is 48.0 Å². The predicted octanol–water partition coefficient (Wildman–Crippen LogP) is 2.31. The number of halogens is 2. The summed E-state index contributed by atoms with van der Waals surface area (Å²) in [5, 5.41) is 3.57. The highest BCUT2D eigenvalue weighted by Crippen LogP contribution is 2.23. The highest BCUT2D eigenvalue weighted by molar-refractivity contribution is 6.35. The van der Waals surface area contributed by atoms with Crippen molar-refractivity contribution in [2.24, 2.45) is 0 Å². The number of nitrogens with zero attached hydrogens (tertiary/aromatic N) is 4. The van der Waals surface area contributed by atoms with E-state index < -0.39 is 0 Å². The number of amides is 2. The number of carbonyl (C=O) groups excluding carboxylic acids is 2. The van der Waals surface area contributed by atoms with Crippen LogP contribution in [0.2, 0.25) is 10.0 Å². The second-order valence-corrected chi connectivity index (χ2v) is 6.37. The molecule has 0 unspecified atom stereocenters. The molecule has 2 amide bonds. The van der Waals surface area contributed by atoms with Gasteiger partial charge in [-0.3, -0.25) is 9.59 Å². The molecular formula is C16H15Cl2N5O2. The standard InChI is InChI=1S/C16H15Cl2N5O2/c17-11-5-12(18)7-13(6-11)21-16(25)14-8-15(20-9-19-14)23-3-1-22(10-24)2-4-23/h5-10H,1-4H2,(H,21,25). The molecule has 0 atom stereocenters. The molecule has 1 aliphatic heterocycles. The second-order valence-electron chi connectivity index (χ2n) is 5.50. The van der Waals surface area contributed by atoms with Gasteiger partial charge in [-0.25, -0.2) is 9.97 Å². The zero-order chi connectivity index (χ0) is 17.8. The number of carbonyl (C=O) groups is 2. The van der Waals surface area contributed by atoms with E-state index in [4.69, 9.17) is 23.2 Å². The molecule has 0 aliphatic carbocycles. The van der Waals surface area contributed by atoms with Crippen LogP contribution in [0.25, 0.3) is 0 Å². The van der Waals surface area contributed by atoms with Crippen LogP contribution in [0.5, 0.6) is 0 Å². The Kier molecular flexibility index (Phi) is 5.35. The SMILES string of the molecule is O=CN1CCN(c2cc(C(=O)Nc3cc(Cl)cc(Cl)c3)ncn2)CC1. The number of rotatable bonds is 4. The number of piperazine rings is 1. The molecule has 0 spiro atoms. The van der Waals surface area contributed by atoms with Gasteiger partial charge < -0.3 is 15.1 Å². The third kappa shape index (κ3) is 4.37. The van der Waals surface area contributed by atoms with Crippen molar-refractivity contribution in [2.45, 2.75) is 0 Å². The lowest BCUT2D eigenvalue weighted by atomic mass is 10.2. The molecule has 1 saturated heterocycles. The molecular weight excluding hydrogens is 365 g/mol. The molecule has 25 heavy (non-hydrogen) atoms. The Balaban J connectivity index is 1.72. The van der Waals surface area contributed by atoms with Crippen molar-refractivity contribution in [1.82, 2.24) is 14.9 Å². The third-order valence-electron chi connectivity index (χ3n) is 3.79. The van der Waals surface area contributed by atoms with E-state index in [1.807, 2.05) is 4.90 Å². The summed E-state index contributed by atoms with van der Waals surface area (Å²) in [7, 11) is 0. The summed E-state index contributed by atoms with van der Waals surface area (Å²) in [6, 6.07) is 6.41. The van der Waals surface area contributed by atoms with Crippen LogP contribution in [0.4, 0.5) is 11.5 Å². The number of hydrogen-bond donors (Lipinski definition) is 1. The topological polar surface area (TPSA) is 78.4 Å². The molecule has 2 heterocycles. The Bertz CT molecular complexity index is 774. The van der Waals surface area contributed by atoms with Crippen LogP contribution >= 0.6 is 23.2 Å². The van der Waals surface area contributed by atoms with E-state index in [0.29, 0.717) is 47.7 Å². The number of hydrogen-bond acceptors (Lipinski definition) is 5. The van der Waals surface area contributed by atoms with E-state index >= 15 is 0 Å². The lowest BCUT2D eigenvalue weighted by Crippen LogP contribution is -2.46. The molecule has 7 nitrogen and oxygen atoms in total. The Hall–Kier alpha value is -2.38. The molecule has 0 bridgehead atoms. The summed E-state index contributed by atoms with van der Waals surface area (Å²) >= 11 is 11.9. The van der Waals surface area contributed by atoms with E-state index in [9.17, 15) is 9.59 Å². The highest BCUT2D eigenvalue weighted by atomic mass is 35.5. The van der Waals surface area contributed by atoms with Gasteiger partial charge >= 0.3 is 0 Å². The van der Waals surface area contributed by atoms with Gasteiger partial charge in [-0.1, -0.05) is 23.2 Å². The Morgan fingerprint density at radius 3 is 2.36 bits per heavy atom. The van der Waals surface area contributed by atoms with Gasteiger partial charge in [0.15, 0.2) is 0 Å². The van der Waals surface area contributed by atoms with Crippen molar-refractivity contribution < 1.29 is 9.59 Å². The molecule has 1 aliphatic rings. The first-order chi connectivity index (χ1) is 12.0. The quantitative estimate of drug-likeness (QED) is 0.824. The summed E-state index contributed by atoms with van der Waals surface area (Å²) in [5.74, 6) is 0.267. The lowest BCUT2D eigenvalue weighted by Gasteiger charge is -2.33. The minimum atomic E-state index is -0.381. The van der Waals surface area contributed by atoms with E-state index in [0.717, 1.165) is 6.41 Å². The van der Waals surface area contributed by atoms with Crippen molar-refractivity contribution in [2.75, 3.05) is 36.4 Å². The summed E-state index contributed by atoms with van der Waals surface area (Å²) in [4.78, 5) is 35.1. The first-order valence-electron chi connectivity index (χ1n) is 7.59. The first-order valence-corrected chi connectivity index (χ1v) is 8.34. The maximum atomic E-state index is 12.4. The largest absolute Gasteiger partial charge is 0.353 e. The summed E-state index contributed by atoms with van der Waals surface area (Å²) in [6.45, 7) is 2.55. The van der Waals surface area contributed by atoms with Crippen LogP contribution in [0.3, 0.4) is 0 Å². The van der Waals surface area contributed by atoms with Gasteiger partial charge in [-0.2, -0.15) is 0 Å². The van der Waals surface area contributed by atoms with Gasteiger partial charge in [-0.05, 0) is 18.2 Å². The maximum absolute atomic E-state index is 12.4. The van der Waals surface area contributed by atoms with Crippen molar-refractivity contribution in [3.63, 3.8) is 0 Å². The molecule has 1 aromatic carbocycles. The minimum absolute atomic E-state index is 0.235. The molecule has 1 N–H and O–H groups in total. The smallest absolute Gasteiger partial charge is 0.274 e. The second kappa shape index (κ2) is 7.67. The fourth-order valence-corrected chi connectivity index (χ4v) is 3.05. The van der Waals surface area contributed by atoms with Crippen molar-refractivity contribution >= 4 is 47.0 Å². The molecule has 1 aromatic heterocycles. The maximum Gasteiger partial charge on any atom is 0.274 e. The molecule has 0 radical (unpaired) electrons. The van der Waals surface area contributed by atoms with Crippen LogP contribution in [-0.4, -0.2) is 53.4 Å². The molecule has 1 fully saturated rings. The zero-order valence-corrected chi connectivity index (χ0v) is 14.7. The fraction of sp³-hybridized carbons (Fsp3) is 0.250. The number of benzene rings is 1. The van der Waals surface area contributed by atoms with Crippen LogP contribution in [0.15, 0.2) is 30.6 Å². The molecule has 0 saturated carbocycles. The minimum Gasteiger partial charge on any atom is -0.353 e. The van der Waals surface area contributed by atoms with Crippen molar-refractivity contribution in [1.29, 1.82) is 0 Å². The van der Waals surface area contributed by atoms with E-state index in [1.54, 1.807) is 29.2 Å². The molecule has 3 rings (SSSR count). The zero-order valence-electron chi connectivity index (χ0n) is 13.2. The monoisotopic (exact) mass is 379 g/mol. The van der Waals surface area contributed by atoms with Gasteiger partial charge in [0.05, 0.1) is 0 Å². The molecule has 9 heteroatoms. The molecule has 130 valence electrons. The van der Waals surface area contributed by atoms with Crippen LogP contribution in [0.1, 0.15) is 10.5 Å². The first kappa shape index (κ1) is 17.4. The summed E-state index contributed by atoms with van der Waals surface area (Å²) < 4.78 is 0. The van der Waals surface area contributed by atoms with Gasteiger partial charge in [0.1, 0.15) is 17.8 Å². The van der Waals surface area contributed by atoms with E-state index in [-0.39, 0.29) is 11.6 Å². The summed E-state index contributed by atoms with van der Waals surface area (Å²) in [5.41, 5.74) is 0.723. The number of nitrogens with one attached hydrogen (secondary N) is 1. The highest BCUT2D eigenvalue weighted by Gasteiger charge is 2.18. The average molecular weight is 380 g/mol. The lowest BCUT2D eigenvalue weighted by molar-refractivity contribution is -0.118. The van der Waals surface area contributed by atoms with Crippen molar-refractivity contribution in [3.8, 4) is 0 Å². The number of anilines is 2.